The summed E-state index contributed by atoms with van der Waals surface area (Å²) in [6, 6.07) is 11.2. The molecule has 3 rings (SSSR count). The van der Waals surface area contributed by atoms with E-state index in [4.69, 9.17) is 10.00 Å². The van der Waals surface area contributed by atoms with Gasteiger partial charge in [0.05, 0.1) is 11.6 Å². The molecule has 2 heterocycles. The first-order chi connectivity index (χ1) is 11.7. The second-order valence-electron chi connectivity index (χ2n) is 4.97. The fourth-order valence-corrected chi connectivity index (χ4v) is 2.10. The molecule has 0 aliphatic heterocycles. The van der Waals surface area contributed by atoms with Crippen LogP contribution in [0.1, 0.15) is 18.2 Å². The minimum absolute atomic E-state index is 0.00966. The molecule has 2 aromatic heterocycles. The first kappa shape index (κ1) is 15.6. The molecule has 0 atom stereocenters. The molecule has 0 fully saturated rings. The first-order valence-electron chi connectivity index (χ1n) is 7.35. The molecule has 0 aliphatic carbocycles. The topological polar surface area (TPSA) is 71.7 Å². The number of aromatic nitrogens is 3. The predicted octanol–water partition coefficient (Wildman–Crippen LogP) is 3.90. The van der Waals surface area contributed by atoms with E-state index in [1.54, 1.807) is 30.6 Å². The number of nitrogens with zero attached hydrogens (tertiary/aromatic N) is 4. The van der Waals surface area contributed by atoms with Crippen LogP contribution in [-0.4, -0.2) is 15.0 Å². The van der Waals surface area contributed by atoms with Gasteiger partial charge in [-0.2, -0.15) is 10.2 Å². The van der Waals surface area contributed by atoms with E-state index in [0.717, 1.165) is 17.3 Å². The number of rotatable bonds is 4. The normalized spacial score (nSPS) is 10.2. The summed E-state index contributed by atoms with van der Waals surface area (Å²) in [5.74, 6) is 0.129. The molecule has 0 unspecified atom stereocenters. The number of benzene rings is 1. The van der Waals surface area contributed by atoms with Crippen molar-refractivity contribution in [2.45, 2.75) is 13.3 Å². The number of pyridine rings is 1. The smallest absolute Gasteiger partial charge is 0.223 e. The molecule has 0 saturated heterocycles. The van der Waals surface area contributed by atoms with E-state index in [1.807, 2.05) is 13.0 Å². The quantitative estimate of drug-likeness (QED) is 0.729. The van der Waals surface area contributed by atoms with Gasteiger partial charge in [0.15, 0.2) is 17.4 Å². The van der Waals surface area contributed by atoms with Gasteiger partial charge in [-0.1, -0.05) is 6.92 Å². The van der Waals surface area contributed by atoms with Crippen LogP contribution in [0.4, 0.5) is 4.39 Å². The van der Waals surface area contributed by atoms with Crippen LogP contribution < -0.4 is 4.74 Å². The van der Waals surface area contributed by atoms with Gasteiger partial charge in [0, 0.05) is 29.7 Å². The van der Waals surface area contributed by atoms with Crippen molar-refractivity contribution < 1.29 is 9.13 Å². The summed E-state index contributed by atoms with van der Waals surface area (Å²) >= 11 is 0. The van der Waals surface area contributed by atoms with Crippen LogP contribution in [0.15, 0.2) is 48.8 Å². The molecule has 0 amide bonds. The summed E-state index contributed by atoms with van der Waals surface area (Å²) in [6.45, 7) is 1.96. The van der Waals surface area contributed by atoms with Gasteiger partial charge in [-0.3, -0.25) is 4.98 Å². The summed E-state index contributed by atoms with van der Waals surface area (Å²) in [4.78, 5) is 12.8. The minimum atomic E-state index is -0.615. The maximum absolute atomic E-state index is 14.0. The Kier molecular flexibility index (Phi) is 4.43. The Labute approximate surface area is 138 Å². The second kappa shape index (κ2) is 6.84. The lowest BCUT2D eigenvalue weighted by atomic mass is 10.2. The third-order valence-electron chi connectivity index (χ3n) is 3.33. The van der Waals surface area contributed by atoms with Crippen molar-refractivity contribution in [1.82, 2.24) is 15.0 Å². The number of nitriles is 1. The van der Waals surface area contributed by atoms with Crippen molar-refractivity contribution in [3.63, 3.8) is 0 Å². The number of hydrogen-bond acceptors (Lipinski definition) is 5. The summed E-state index contributed by atoms with van der Waals surface area (Å²) in [5.41, 5.74) is 1.81. The second-order valence-corrected chi connectivity index (χ2v) is 4.97. The highest BCUT2D eigenvalue weighted by molar-refractivity contribution is 5.54. The van der Waals surface area contributed by atoms with Crippen LogP contribution in [0, 0.1) is 17.1 Å². The van der Waals surface area contributed by atoms with Gasteiger partial charge in [0.25, 0.3) is 0 Å². The van der Waals surface area contributed by atoms with Crippen LogP contribution in [0.2, 0.25) is 0 Å². The van der Waals surface area contributed by atoms with Crippen molar-refractivity contribution in [2.24, 2.45) is 0 Å². The average molecular weight is 320 g/mol. The molecular formula is C18H13FN4O. The van der Waals surface area contributed by atoms with Gasteiger partial charge in [-0.05, 0) is 36.8 Å². The SMILES string of the molecule is CCc1cc(Oc2ccc(C#N)cc2F)nc(-c2ccncc2)n1. The Morgan fingerprint density at radius 2 is 1.92 bits per heavy atom. The maximum atomic E-state index is 14.0. The number of halogens is 1. The predicted molar refractivity (Wildman–Crippen MR) is 85.8 cm³/mol. The summed E-state index contributed by atoms with van der Waals surface area (Å²) in [6.07, 6.45) is 3.99. The molecule has 0 aliphatic rings. The van der Waals surface area contributed by atoms with Crippen LogP contribution in [-0.2, 0) is 6.42 Å². The van der Waals surface area contributed by atoms with E-state index in [9.17, 15) is 4.39 Å². The monoisotopic (exact) mass is 320 g/mol. The lowest BCUT2D eigenvalue weighted by Crippen LogP contribution is -1.99. The fraction of sp³-hybridized carbons (Fsp3) is 0.111. The van der Waals surface area contributed by atoms with Gasteiger partial charge < -0.3 is 4.74 Å². The average Bonchev–Trinajstić information content (AvgIpc) is 2.63. The molecule has 6 heteroatoms. The molecule has 0 radical (unpaired) electrons. The van der Waals surface area contributed by atoms with Crippen molar-refractivity contribution in [2.75, 3.05) is 0 Å². The largest absolute Gasteiger partial charge is 0.436 e. The zero-order chi connectivity index (χ0) is 16.9. The van der Waals surface area contributed by atoms with Crippen molar-refractivity contribution in [1.29, 1.82) is 5.26 Å². The highest BCUT2D eigenvalue weighted by Gasteiger charge is 2.11. The van der Waals surface area contributed by atoms with E-state index in [-0.39, 0.29) is 17.2 Å². The highest BCUT2D eigenvalue weighted by Crippen LogP contribution is 2.26. The Balaban J connectivity index is 1.98. The van der Waals surface area contributed by atoms with Crippen molar-refractivity contribution >= 4 is 0 Å². The number of hydrogen-bond donors (Lipinski definition) is 0. The van der Waals surface area contributed by atoms with Gasteiger partial charge in [-0.15, -0.1) is 0 Å². The first-order valence-corrected chi connectivity index (χ1v) is 7.35. The molecule has 3 aromatic rings. The molecule has 5 nitrogen and oxygen atoms in total. The molecular weight excluding hydrogens is 307 g/mol. The van der Waals surface area contributed by atoms with Gasteiger partial charge in [0.2, 0.25) is 5.88 Å². The van der Waals surface area contributed by atoms with E-state index in [1.165, 1.54) is 12.1 Å². The standard InChI is InChI=1S/C18H13FN4O/c1-2-14-10-17(23-18(22-14)13-5-7-21-8-6-13)24-16-4-3-12(11-20)9-15(16)19/h3-10H,2H2,1H3. The van der Waals surface area contributed by atoms with Crippen LogP contribution in [0.25, 0.3) is 11.4 Å². The van der Waals surface area contributed by atoms with Crippen LogP contribution >= 0.6 is 0 Å². The summed E-state index contributed by atoms with van der Waals surface area (Å²) in [5, 5.41) is 8.79. The third-order valence-corrected chi connectivity index (χ3v) is 3.33. The molecule has 0 bridgehead atoms. The van der Waals surface area contributed by atoms with Crippen molar-refractivity contribution in [3.8, 4) is 29.1 Å². The van der Waals surface area contributed by atoms with E-state index >= 15 is 0 Å². The van der Waals surface area contributed by atoms with Crippen LogP contribution in [0.3, 0.4) is 0 Å². The van der Waals surface area contributed by atoms with Gasteiger partial charge in [-0.25, -0.2) is 9.37 Å². The molecule has 118 valence electrons. The Bertz CT molecular complexity index is 907. The maximum Gasteiger partial charge on any atom is 0.223 e. The Morgan fingerprint density at radius 1 is 1.12 bits per heavy atom. The third kappa shape index (κ3) is 3.36. The fourth-order valence-electron chi connectivity index (χ4n) is 2.10. The summed E-state index contributed by atoms with van der Waals surface area (Å²) in [7, 11) is 0. The van der Waals surface area contributed by atoms with Gasteiger partial charge >= 0.3 is 0 Å². The summed E-state index contributed by atoms with van der Waals surface area (Å²) < 4.78 is 19.6. The van der Waals surface area contributed by atoms with Crippen LogP contribution in [0.5, 0.6) is 11.6 Å². The van der Waals surface area contributed by atoms with E-state index in [0.29, 0.717) is 12.2 Å². The molecule has 0 N–H and O–H groups in total. The highest BCUT2D eigenvalue weighted by atomic mass is 19.1. The molecule has 1 aromatic carbocycles. The van der Waals surface area contributed by atoms with Crippen molar-refractivity contribution in [3.05, 3.63) is 65.9 Å². The zero-order valence-corrected chi connectivity index (χ0v) is 12.9. The number of aryl methyl sites for hydroxylation is 1. The Morgan fingerprint density at radius 3 is 2.58 bits per heavy atom. The van der Waals surface area contributed by atoms with E-state index < -0.39 is 5.82 Å². The molecule has 24 heavy (non-hydrogen) atoms. The lowest BCUT2D eigenvalue weighted by Gasteiger charge is -2.09. The van der Waals surface area contributed by atoms with E-state index in [2.05, 4.69) is 15.0 Å². The minimum Gasteiger partial charge on any atom is -0.436 e. The molecule has 0 spiro atoms. The lowest BCUT2D eigenvalue weighted by molar-refractivity contribution is 0.426. The van der Waals surface area contributed by atoms with Gasteiger partial charge in [0.1, 0.15) is 0 Å². The zero-order valence-electron chi connectivity index (χ0n) is 12.9. The Hall–Kier alpha value is -3.33. The number of ether oxygens (including phenoxy) is 1. The molecule has 0 saturated carbocycles.